The Balaban J connectivity index is 0.000000963. The Kier molecular flexibility index (Phi) is 3.35. The first-order chi connectivity index (χ1) is 7.21. The Morgan fingerprint density at radius 3 is 3.06 bits per heavy atom. The zero-order valence-corrected chi connectivity index (χ0v) is 11.8. The number of hydrogen-bond donors (Lipinski definition) is 1. The van der Waals surface area contributed by atoms with E-state index >= 15 is 0 Å². The van der Waals surface area contributed by atoms with Crippen LogP contribution in [-0.4, -0.2) is 13.1 Å². The third kappa shape index (κ3) is 1.71. The van der Waals surface area contributed by atoms with Gasteiger partial charge in [-0.25, -0.2) is 0 Å². The van der Waals surface area contributed by atoms with Gasteiger partial charge in [0.2, 0.25) is 0 Å². The van der Waals surface area contributed by atoms with E-state index in [1.54, 1.807) is 11.1 Å². The zero-order valence-electron chi connectivity index (χ0n) is 9.42. The number of nitrogens with one attached hydrogen (secondary N) is 1. The fourth-order valence-corrected chi connectivity index (χ4v) is 3.78. The van der Waals surface area contributed by atoms with E-state index in [0.29, 0.717) is 5.41 Å². The quantitative estimate of drug-likeness (QED) is 0.773. The monoisotopic (exact) mass is 301 g/mol. The van der Waals surface area contributed by atoms with Crippen LogP contribution >= 0.6 is 28.3 Å². The number of benzene rings is 1. The molecule has 1 fully saturated rings. The van der Waals surface area contributed by atoms with E-state index in [-0.39, 0.29) is 12.4 Å². The molecule has 1 nitrogen and oxygen atoms in total. The van der Waals surface area contributed by atoms with Crippen molar-refractivity contribution in [2.45, 2.75) is 25.7 Å². The molecule has 3 rings (SSSR count). The Bertz CT molecular complexity index is 407. The van der Waals surface area contributed by atoms with Crippen molar-refractivity contribution in [2.75, 3.05) is 13.1 Å². The van der Waals surface area contributed by atoms with Crippen molar-refractivity contribution >= 4 is 28.3 Å². The molecule has 3 heteroatoms. The molecule has 1 heterocycles. The van der Waals surface area contributed by atoms with Crippen molar-refractivity contribution in [2.24, 2.45) is 5.41 Å². The largest absolute Gasteiger partial charge is 0.316 e. The van der Waals surface area contributed by atoms with Crippen LogP contribution in [0.1, 0.15) is 30.4 Å². The molecular weight excluding hydrogens is 286 g/mol. The third-order valence-electron chi connectivity index (χ3n) is 4.20. The van der Waals surface area contributed by atoms with Gasteiger partial charge in [-0.3, -0.25) is 0 Å². The topological polar surface area (TPSA) is 12.0 Å². The summed E-state index contributed by atoms with van der Waals surface area (Å²) in [4.78, 5) is 0. The van der Waals surface area contributed by atoms with Gasteiger partial charge in [-0.15, -0.1) is 12.4 Å². The Morgan fingerprint density at radius 1 is 1.44 bits per heavy atom. The first-order valence-corrected chi connectivity index (χ1v) is 6.48. The van der Waals surface area contributed by atoms with Gasteiger partial charge in [-0.05, 0) is 35.4 Å². The second-order valence-corrected chi connectivity index (χ2v) is 6.00. The summed E-state index contributed by atoms with van der Waals surface area (Å²) in [7, 11) is 0. The standard InChI is InChI=1S/C13H16BrN.ClH/c1-13-6-5-10-9(3-2-4-12(10)14)11(13)7-15-8-13;/h2-4,11,15H,5-8H2,1H3;1H/t11-,13-;/m0./s1. The van der Waals surface area contributed by atoms with E-state index in [9.17, 15) is 0 Å². The highest BCUT2D eigenvalue weighted by Crippen LogP contribution is 2.48. The molecule has 0 spiro atoms. The lowest BCUT2D eigenvalue weighted by Gasteiger charge is -2.37. The molecule has 0 radical (unpaired) electrons. The molecule has 0 saturated carbocycles. The minimum atomic E-state index is 0. The number of rotatable bonds is 0. The molecule has 1 saturated heterocycles. The summed E-state index contributed by atoms with van der Waals surface area (Å²) in [5.41, 5.74) is 3.61. The highest BCUT2D eigenvalue weighted by atomic mass is 79.9. The fourth-order valence-electron chi connectivity index (χ4n) is 3.20. The maximum atomic E-state index is 3.68. The minimum Gasteiger partial charge on any atom is -0.316 e. The highest BCUT2D eigenvalue weighted by molar-refractivity contribution is 9.10. The summed E-state index contributed by atoms with van der Waals surface area (Å²) in [5.74, 6) is 0.721. The molecule has 16 heavy (non-hydrogen) atoms. The first-order valence-electron chi connectivity index (χ1n) is 5.69. The molecule has 0 amide bonds. The minimum absolute atomic E-state index is 0. The van der Waals surface area contributed by atoms with Crippen LogP contribution in [0.25, 0.3) is 0 Å². The van der Waals surface area contributed by atoms with Gasteiger partial charge in [-0.1, -0.05) is 35.0 Å². The van der Waals surface area contributed by atoms with Crippen LogP contribution in [0.2, 0.25) is 0 Å². The summed E-state index contributed by atoms with van der Waals surface area (Å²) in [6, 6.07) is 6.66. The van der Waals surface area contributed by atoms with Crippen LogP contribution in [-0.2, 0) is 6.42 Å². The SMILES string of the molecule is C[C@@]12CCc3c(Br)cccc3[C@@H]1CNC2.Cl. The van der Waals surface area contributed by atoms with Gasteiger partial charge in [0.15, 0.2) is 0 Å². The molecule has 1 aromatic rings. The molecule has 0 unspecified atom stereocenters. The lowest BCUT2D eigenvalue weighted by Crippen LogP contribution is -2.30. The summed E-state index contributed by atoms with van der Waals surface area (Å²) in [5, 5.41) is 3.55. The van der Waals surface area contributed by atoms with E-state index in [1.165, 1.54) is 23.9 Å². The highest BCUT2D eigenvalue weighted by Gasteiger charge is 2.43. The van der Waals surface area contributed by atoms with Crippen LogP contribution < -0.4 is 5.32 Å². The smallest absolute Gasteiger partial charge is 0.0210 e. The summed E-state index contributed by atoms with van der Waals surface area (Å²) in [6.45, 7) is 4.77. The summed E-state index contributed by atoms with van der Waals surface area (Å²) in [6.07, 6.45) is 2.55. The van der Waals surface area contributed by atoms with Crippen LogP contribution in [0.5, 0.6) is 0 Å². The molecule has 1 N–H and O–H groups in total. The average Bonchev–Trinajstić information content (AvgIpc) is 2.60. The van der Waals surface area contributed by atoms with Gasteiger partial charge in [0, 0.05) is 23.5 Å². The van der Waals surface area contributed by atoms with E-state index in [1.807, 2.05) is 0 Å². The number of hydrogen-bond acceptors (Lipinski definition) is 1. The molecule has 88 valence electrons. The van der Waals surface area contributed by atoms with Crippen molar-refractivity contribution in [1.82, 2.24) is 5.32 Å². The van der Waals surface area contributed by atoms with Gasteiger partial charge >= 0.3 is 0 Å². The van der Waals surface area contributed by atoms with Gasteiger partial charge in [0.25, 0.3) is 0 Å². The molecule has 0 aromatic heterocycles. The van der Waals surface area contributed by atoms with Crippen LogP contribution in [0.4, 0.5) is 0 Å². The maximum absolute atomic E-state index is 3.68. The second kappa shape index (κ2) is 4.32. The molecule has 1 aliphatic heterocycles. The predicted molar refractivity (Wildman–Crippen MR) is 73.4 cm³/mol. The second-order valence-electron chi connectivity index (χ2n) is 5.15. The van der Waals surface area contributed by atoms with Gasteiger partial charge in [-0.2, -0.15) is 0 Å². The van der Waals surface area contributed by atoms with E-state index in [0.717, 1.165) is 12.5 Å². The molecule has 1 aromatic carbocycles. The van der Waals surface area contributed by atoms with Crippen molar-refractivity contribution < 1.29 is 0 Å². The predicted octanol–water partition coefficient (Wildman–Crippen LogP) is 3.51. The van der Waals surface area contributed by atoms with Crippen molar-refractivity contribution in [1.29, 1.82) is 0 Å². The van der Waals surface area contributed by atoms with E-state index < -0.39 is 0 Å². The molecule has 2 aliphatic rings. The van der Waals surface area contributed by atoms with Crippen molar-refractivity contribution in [3.63, 3.8) is 0 Å². The molecule has 1 aliphatic carbocycles. The first kappa shape index (κ1) is 12.4. The Hall–Kier alpha value is -0.0500. The Morgan fingerprint density at radius 2 is 2.25 bits per heavy atom. The molecule has 2 atom stereocenters. The fraction of sp³-hybridized carbons (Fsp3) is 0.538. The van der Waals surface area contributed by atoms with Gasteiger partial charge < -0.3 is 5.32 Å². The molecule has 0 bridgehead atoms. The number of halogens is 2. The maximum Gasteiger partial charge on any atom is 0.0210 e. The summed E-state index contributed by atoms with van der Waals surface area (Å²) < 4.78 is 1.30. The van der Waals surface area contributed by atoms with Crippen LogP contribution in [0, 0.1) is 5.41 Å². The van der Waals surface area contributed by atoms with Crippen molar-refractivity contribution in [3.05, 3.63) is 33.8 Å². The van der Waals surface area contributed by atoms with E-state index in [2.05, 4.69) is 46.4 Å². The average molecular weight is 303 g/mol. The number of fused-ring (bicyclic) bond motifs is 3. The molecular formula is C13H17BrClN. The van der Waals surface area contributed by atoms with Crippen molar-refractivity contribution in [3.8, 4) is 0 Å². The summed E-state index contributed by atoms with van der Waals surface area (Å²) >= 11 is 3.68. The van der Waals surface area contributed by atoms with Crippen LogP contribution in [0.15, 0.2) is 22.7 Å². The lowest BCUT2D eigenvalue weighted by atomic mass is 9.67. The normalized spacial score (nSPS) is 31.5. The Labute approximate surface area is 112 Å². The van der Waals surface area contributed by atoms with E-state index in [4.69, 9.17) is 0 Å². The zero-order chi connectivity index (χ0) is 10.5. The van der Waals surface area contributed by atoms with Gasteiger partial charge in [0.05, 0.1) is 0 Å². The van der Waals surface area contributed by atoms with Crippen LogP contribution in [0.3, 0.4) is 0 Å². The third-order valence-corrected chi connectivity index (χ3v) is 4.94. The van der Waals surface area contributed by atoms with Gasteiger partial charge in [0.1, 0.15) is 0 Å². The lowest BCUT2D eigenvalue weighted by molar-refractivity contribution is 0.277.